The van der Waals surface area contributed by atoms with Crippen LogP contribution in [-0.2, 0) is 0 Å². The number of ether oxygens (including phenoxy) is 1. The lowest BCUT2D eigenvalue weighted by molar-refractivity contribution is 0.317. The molecule has 2 nitrogen and oxygen atoms in total. The van der Waals surface area contributed by atoms with E-state index in [2.05, 4.69) is 32.2 Å². The minimum absolute atomic E-state index is 0.782. The maximum absolute atomic E-state index is 5.51. The second-order valence-electron chi connectivity index (χ2n) is 4.04. The number of anilines is 1. The van der Waals surface area contributed by atoms with Gasteiger partial charge in [0.2, 0.25) is 0 Å². The van der Waals surface area contributed by atoms with Crippen molar-refractivity contribution in [3.8, 4) is 5.75 Å². The molecule has 0 spiro atoms. The molecule has 1 aromatic carbocycles. The van der Waals surface area contributed by atoms with Crippen LogP contribution in [0.4, 0.5) is 5.69 Å². The summed E-state index contributed by atoms with van der Waals surface area (Å²) in [5, 5.41) is 3.33. The second-order valence-corrected chi connectivity index (χ2v) is 4.04. The minimum Gasteiger partial charge on any atom is -0.494 e. The predicted molar refractivity (Wildman–Crippen MR) is 70.1 cm³/mol. The van der Waals surface area contributed by atoms with E-state index in [4.69, 9.17) is 4.74 Å². The van der Waals surface area contributed by atoms with Crippen molar-refractivity contribution < 1.29 is 4.74 Å². The molecular weight excluding hydrogens is 198 g/mol. The summed E-state index contributed by atoms with van der Waals surface area (Å²) >= 11 is 0. The first kappa shape index (κ1) is 12.6. The fourth-order valence-electron chi connectivity index (χ4n) is 1.26. The SMILES string of the molecule is CCCOc1ccc(NCC=C(C)C)cc1. The van der Waals surface area contributed by atoms with Crippen LogP contribution in [-0.4, -0.2) is 13.2 Å². The quantitative estimate of drug-likeness (QED) is 0.734. The van der Waals surface area contributed by atoms with Crippen LogP contribution in [0.25, 0.3) is 0 Å². The highest BCUT2D eigenvalue weighted by molar-refractivity contribution is 5.46. The van der Waals surface area contributed by atoms with Gasteiger partial charge in [0.15, 0.2) is 0 Å². The van der Waals surface area contributed by atoms with Crippen molar-refractivity contribution in [1.82, 2.24) is 0 Å². The Kier molecular flexibility index (Phi) is 5.48. The van der Waals surface area contributed by atoms with Crippen LogP contribution in [0.3, 0.4) is 0 Å². The van der Waals surface area contributed by atoms with Crippen LogP contribution >= 0.6 is 0 Å². The summed E-state index contributed by atoms with van der Waals surface area (Å²) in [6, 6.07) is 8.09. The number of allylic oxidation sites excluding steroid dienone is 1. The standard InChI is InChI=1S/C14H21NO/c1-4-11-16-14-7-5-13(6-8-14)15-10-9-12(2)3/h5-9,15H,4,10-11H2,1-3H3. The van der Waals surface area contributed by atoms with E-state index in [0.29, 0.717) is 0 Å². The lowest BCUT2D eigenvalue weighted by atomic mass is 10.3. The van der Waals surface area contributed by atoms with Gasteiger partial charge in [-0.3, -0.25) is 0 Å². The van der Waals surface area contributed by atoms with Crippen molar-refractivity contribution in [3.63, 3.8) is 0 Å². The van der Waals surface area contributed by atoms with Crippen LogP contribution in [0.1, 0.15) is 27.2 Å². The van der Waals surface area contributed by atoms with Crippen LogP contribution in [0.2, 0.25) is 0 Å². The van der Waals surface area contributed by atoms with E-state index in [1.54, 1.807) is 0 Å². The van der Waals surface area contributed by atoms with Gasteiger partial charge in [0.05, 0.1) is 6.61 Å². The maximum atomic E-state index is 5.51. The number of hydrogen-bond donors (Lipinski definition) is 1. The first-order chi connectivity index (χ1) is 7.72. The molecule has 0 radical (unpaired) electrons. The van der Waals surface area contributed by atoms with Gasteiger partial charge < -0.3 is 10.1 Å². The molecule has 0 aliphatic carbocycles. The van der Waals surface area contributed by atoms with Crippen molar-refractivity contribution in [2.24, 2.45) is 0 Å². The van der Waals surface area contributed by atoms with Gasteiger partial charge in [-0.2, -0.15) is 0 Å². The van der Waals surface area contributed by atoms with E-state index in [-0.39, 0.29) is 0 Å². The molecule has 0 aliphatic heterocycles. The molecule has 0 fully saturated rings. The summed E-state index contributed by atoms with van der Waals surface area (Å²) in [6.07, 6.45) is 3.21. The second kappa shape index (κ2) is 6.94. The topological polar surface area (TPSA) is 21.3 Å². The first-order valence-electron chi connectivity index (χ1n) is 5.82. The number of hydrogen-bond acceptors (Lipinski definition) is 2. The predicted octanol–water partition coefficient (Wildman–Crippen LogP) is 3.85. The summed E-state index contributed by atoms with van der Waals surface area (Å²) in [5.74, 6) is 0.939. The monoisotopic (exact) mass is 219 g/mol. The summed E-state index contributed by atoms with van der Waals surface area (Å²) in [4.78, 5) is 0. The Hall–Kier alpha value is -1.44. The maximum Gasteiger partial charge on any atom is 0.119 e. The molecule has 0 bridgehead atoms. The molecule has 0 saturated heterocycles. The van der Waals surface area contributed by atoms with E-state index in [1.807, 2.05) is 24.3 Å². The Morgan fingerprint density at radius 3 is 2.50 bits per heavy atom. The van der Waals surface area contributed by atoms with Gasteiger partial charge >= 0.3 is 0 Å². The fraction of sp³-hybridized carbons (Fsp3) is 0.429. The molecule has 0 heterocycles. The zero-order valence-corrected chi connectivity index (χ0v) is 10.4. The fourth-order valence-corrected chi connectivity index (χ4v) is 1.26. The van der Waals surface area contributed by atoms with Crippen molar-refractivity contribution in [2.75, 3.05) is 18.5 Å². The van der Waals surface area contributed by atoms with Crippen molar-refractivity contribution in [1.29, 1.82) is 0 Å². The van der Waals surface area contributed by atoms with Crippen LogP contribution in [0, 0.1) is 0 Å². The van der Waals surface area contributed by atoms with Gasteiger partial charge in [0.1, 0.15) is 5.75 Å². The normalized spacial score (nSPS) is 9.69. The van der Waals surface area contributed by atoms with Crippen LogP contribution in [0.15, 0.2) is 35.9 Å². The average molecular weight is 219 g/mol. The molecule has 0 unspecified atom stereocenters. The average Bonchev–Trinajstić information content (AvgIpc) is 2.27. The third-order valence-electron chi connectivity index (χ3n) is 2.14. The van der Waals surface area contributed by atoms with Gasteiger partial charge in [-0.15, -0.1) is 0 Å². The molecule has 0 aliphatic rings. The smallest absolute Gasteiger partial charge is 0.119 e. The number of nitrogens with one attached hydrogen (secondary N) is 1. The largest absolute Gasteiger partial charge is 0.494 e. The first-order valence-corrected chi connectivity index (χ1v) is 5.82. The Bertz CT molecular complexity index is 323. The van der Waals surface area contributed by atoms with Gasteiger partial charge in [-0.05, 0) is 44.5 Å². The van der Waals surface area contributed by atoms with Crippen molar-refractivity contribution in [2.45, 2.75) is 27.2 Å². The summed E-state index contributed by atoms with van der Waals surface area (Å²) in [7, 11) is 0. The third kappa shape index (κ3) is 4.87. The van der Waals surface area contributed by atoms with Crippen LogP contribution < -0.4 is 10.1 Å². The Morgan fingerprint density at radius 1 is 1.25 bits per heavy atom. The molecule has 2 heteroatoms. The Morgan fingerprint density at radius 2 is 1.94 bits per heavy atom. The van der Waals surface area contributed by atoms with Crippen LogP contribution in [0.5, 0.6) is 5.75 Å². The van der Waals surface area contributed by atoms with Gasteiger partial charge in [-0.1, -0.05) is 18.6 Å². The van der Waals surface area contributed by atoms with E-state index in [9.17, 15) is 0 Å². The molecule has 1 aromatic rings. The van der Waals surface area contributed by atoms with E-state index < -0.39 is 0 Å². The highest BCUT2D eigenvalue weighted by Gasteiger charge is 1.93. The van der Waals surface area contributed by atoms with Crippen molar-refractivity contribution in [3.05, 3.63) is 35.9 Å². The molecule has 88 valence electrons. The van der Waals surface area contributed by atoms with Gasteiger partial charge in [0, 0.05) is 12.2 Å². The summed E-state index contributed by atoms with van der Waals surface area (Å²) < 4.78 is 5.51. The summed E-state index contributed by atoms with van der Waals surface area (Å²) in [5.41, 5.74) is 2.46. The zero-order valence-electron chi connectivity index (χ0n) is 10.4. The Balaban J connectivity index is 2.42. The lowest BCUT2D eigenvalue weighted by Gasteiger charge is -2.07. The Labute approximate surface area is 98.3 Å². The molecule has 1 N–H and O–H groups in total. The molecule has 1 rings (SSSR count). The molecule has 0 atom stereocenters. The molecule has 0 aromatic heterocycles. The number of rotatable bonds is 6. The van der Waals surface area contributed by atoms with Gasteiger partial charge in [0.25, 0.3) is 0 Å². The number of benzene rings is 1. The molecule has 0 saturated carbocycles. The third-order valence-corrected chi connectivity index (χ3v) is 2.14. The summed E-state index contributed by atoms with van der Waals surface area (Å²) in [6.45, 7) is 7.96. The lowest BCUT2D eigenvalue weighted by Crippen LogP contribution is -1.99. The van der Waals surface area contributed by atoms with E-state index >= 15 is 0 Å². The highest BCUT2D eigenvalue weighted by atomic mass is 16.5. The molecule has 0 amide bonds. The molecular formula is C14H21NO. The van der Waals surface area contributed by atoms with Crippen molar-refractivity contribution >= 4 is 5.69 Å². The minimum atomic E-state index is 0.782. The van der Waals surface area contributed by atoms with E-state index in [0.717, 1.165) is 31.0 Å². The highest BCUT2D eigenvalue weighted by Crippen LogP contribution is 2.15. The van der Waals surface area contributed by atoms with E-state index in [1.165, 1.54) is 5.57 Å². The van der Waals surface area contributed by atoms with Gasteiger partial charge in [-0.25, -0.2) is 0 Å². The molecule has 16 heavy (non-hydrogen) atoms. The zero-order chi connectivity index (χ0) is 11.8.